The van der Waals surface area contributed by atoms with Gasteiger partial charge >= 0.3 is 0 Å². The second-order valence-corrected chi connectivity index (χ2v) is 11.2. The van der Waals surface area contributed by atoms with Crippen LogP contribution in [0.15, 0.2) is 41.3 Å². The predicted molar refractivity (Wildman–Crippen MR) is 127 cm³/mol. The number of benzene rings is 2. The number of fused-ring (bicyclic) bond motifs is 1. The van der Waals surface area contributed by atoms with Gasteiger partial charge in [0, 0.05) is 50.0 Å². The fraction of sp³-hybridized carbons (Fsp3) is 0.480. The maximum absolute atomic E-state index is 13.4. The molecule has 32 heavy (non-hydrogen) atoms. The number of aryl methyl sites for hydroxylation is 1. The molecule has 0 spiro atoms. The van der Waals surface area contributed by atoms with Gasteiger partial charge in [-0.3, -0.25) is 4.79 Å². The van der Waals surface area contributed by atoms with Crippen molar-refractivity contribution in [2.75, 3.05) is 42.5 Å². The zero-order chi connectivity index (χ0) is 22.5. The lowest BCUT2D eigenvalue weighted by atomic mass is 9.84. The Labute approximate surface area is 190 Å². The summed E-state index contributed by atoms with van der Waals surface area (Å²) in [4.78, 5) is 17.2. The largest absolute Gasteiger partial charge is 0.369 e. The fourth-order valence-electron chi connectivity index (χ4n) is 5.04. The minimum absolute atomic E-state index is 0.151. The third-order valence-electron chi connectivity index (χ3n) is 7.46. The van der Waals surface area contributed by atoms with Crippen molar-refractivity contribution < 1.29 is 13.2 Å². The number of piperazine rings is 1. The van der Waals surface area contributed by atoms with E-state index in [0.29, 0.717) is 37.6 Å². The molecule has 2 aromatic carbocycles. The highest BCUT2D eigenvalue weighted by Crippen LogP contribution is 2.36. The summed E-state index contributed by atoms with van der Waals surface area (Å²) >= 11 is 0. The molecule has 2 heterocycles. The molecule has 0 radical (unpaired) electrons. The molecule has 5 rings (SSSR count). The van der Waals surface area contributed by atoms with Crippen LogP contribution in [0.3, 0.4) is 0 Å². The highest BCUT2D eigenvalue weighted by Gasteiger charge is 2.35. The Balaban J connectivity index is 1.30. The molecule has 1 amide bonds. The number of nitrogens with zero attached hydrogens (tertiary/aromatic N) is 3. The number of anilines is 2. The second-order valence-electron chi connectivity index (χ2n) is 9.27. The molecule has 0 bridgehead atoms. The van der Waals surface area contributed by atoms with Gasteiger partial charge in [0.15, 0.2) is 0 Å². The van der Waals surface area contributed by atoms with Crippen LogP contribution in [-0.4, -0.2) is 51.4 Å². The molecule has 0 unspecified atom stereocenters. The van der Waals surface area contributed by atoms with E-state index in [1.165, 1.54) is 16.8 Å². The number of rotatable bonds is 4. The topological polar surface area (TPSA) is 60.9 Å². The summed E-state index contributed by atoms with van der Waals surface area (Å²) < 4.78 is 28.3. The van der Waals surface area contributed by atoms with Crippen LogP contribution >= 0.6 is 0 Å². The molecule has 3 aliphatic rings. The third-order valence-corrected chi connectivity index (χ3v) is 9.35. The van der Waals surface area contributed by atoms with Crippen LogP contribution in [0.1, 0.15) is 36.0 Å². The van der Waals surface area contributed by atoms with Gasteiger partial charge in [-0.1, -0.05) is 18.6 Å². The number of carbonyl (C=O) groups is 1. The number of sulfonamides is 1. The molecule has 1 aliphatic carbocycles. The molecule has 0 aromatic heterocycles. The Morgan fingerprint density at radius 3 is 2.38 bits per heavy atom. The molecule has 0 atom stereocenters. The Morgan fingerprint density at radius 2 is 1.69 bits per heavy atom. The number of hydrogen-bond donors (Lipinski definition) is 0. The first-order chi connectivity index (χ1) is 15.4. The second kappa shape index (κ2) is 8.19. The van der Waals surface area contributed by atoms with E-state index in [2.05, 4.69) is 36.9 Å². The van der Waals surface area contributed by atoms with Gasteiger partial charge in [0.1, 0.15) is 0 Å². The van der Waals surface area contributed by atoms with E-state index < -0.39 is 10.0 Å². The van der Waals surface area contributed by atoms with Crippen molar-refractivity contribution in [3.05, 3.63) is 53.1 Å². The first-order valence-electron chi connectivity index (χ1n) is 11.6. The van der Waals surface area contributed by atoms with Crippen molar-refractivity contribution in [3.63, 3.8) is 0 Å². The number of hydrogen-bond acceptors (Lipinski definition) is 4. The van der Waals surface area contributed by atoms with Crippen molar-refractivity contribution in [1.82, 2.24) is 4.31 Å². The molecular weight excluding hydrogens is 422 g/mol. The molecule has 7 heteroatoms. The van der Waals surface area contributed by atoms with Crippen molar-refractivity contribution in [3.8, 4) is 0 Å². The van der Waals surface area contributed by atoms with Gasteiger partial charge in [0.05, 0.1) is 4.90 Å². The minimum atomic E-state index is -3.55. The van der Waals surface area contributed by atoms with E-state index >= 15 is 0 Å². The lowest BCUT2D eigenvalue weighted by molar-refractivity contribution is -0.124. The van der Waals surface area contributed by atoms with E-state index in [0.717, 1.165) is 36.9 Å². The van der Waals surface area contributed by atoms with E-state index in [1.54, 1.807) is 16.4 Å². The molecular formula is C25H31N3O3S. The first kappa shape index (κ1) is 21.5. The fourth-order valence-corrected chi connectivity index (χ4v) is 6.51. The van der Waals surface area contributed by atoms with Crippen molar-refractivity contribution in [2.24, 2.45) is 5.92 Å². The normalized spacial score (nSPS) is 19.7. The standard InChI is InChI=1S/C25H31N3O3S/c1-18-5-3-8-23(19(18)2)26-13-15-27(16-14-26)32(30,31)22-9-10-24-21(17-22)11-12-28(24)25(29)20-6-4-7-20/h3,5,8-10,17,20H,4,6-7,11-16H2,1-2H3. The minimum Gasteiger partial charge on any atom is -0.369 e. The Kier molecular flexibility index (Phi) is 5.50. The van der Waals surface area contributed by atoms with E-state index in [4.69, 9.17) is 0 Å². The van der Waals surface area contributed by atoms with Gasteiger partial charge in [0.25, 0.3) is 0 Å². The molecule has 1 saturated carbocycles. The summed E-state index contributed by atoms with van der Waals surface area (Å²) in [5.74, 6) is 0.353. The van der Waals surface area contributed by atoms with Crippen molar-refractivity contribution in [1.29, 1.82) is 0 Å². The summed E-state index contributed by atoms with van der Waals surface area (Å²) in [6, 6.07) is 11.6. The van der Waals surface area contributed by atoms with E-state index in [9.17, 15) is 13.2 Å². The smallest absolute Gasteiger partial charge is 0.243 e. The van der Waals surface area contributed by atoms with Crippen LogP contribution in [0.5, 0.6) is 0 Å². The maximum Gasteiger partial charge on any atom is 0.243 e. The number of amides is 1. The Hall–Kier alpha value is -2.38. The molecule has 2 fully saturated rings. The van der Waals surface area contributed by atoms with Gasteiger partial charge in [-0.15, -0.1) is 0 Å². The van der Waals surface area contributed by atoms with Crippen LogP contribution in [0, 0.1) is 19.8 Å². The Morgan fingerprint density at radius 1 is 0.938 bits per heavy atom. The zero-order valence-corrected chi connectivity index (χ0v) is 19.7. The van der Waals surface area contributed by atoms with Crippen LogP contribution in [0.2, 0.25) is 0 Å². The third kappa shape index (κ3) is 3.61. The van der Waals surface area contributed by atoms with Crippen LogP contribution in [0.25, 0.3) is 0 Å². The van der Waals surface area contributed by atoms with Crippen molar-refractivity contribution in [2.45, 2.75) is 44.4 Å². The van der Waals surface area contributed by atoms with Gasteiger partial charge in [0.2, 0.25) is 15.9 Å². The van der Waals surface area contributed by atoms with Crippen LogP contribution in [-0.2, 0) is 21.2 Å². The van der Waals surface area contributed by atoms with Gasteiger partial charge in [-0.2, -0.15) is 4.31 Å². The molecule has 170 valence electrons. The lowest BCUT2D eigenvalue weighted by Crippen LogP contribution is -2.48. The van der Waals surface area contributed by atoms with E-state index in [1.807, 2.05) is 11.0 Å². The van der Waals surface area contributed by atoms with Crippen LogP contribution in [0.4, 0.5) is 11.4 Å². The van der Waals surface area contributed by atoms with Gasteiger partial charge in [-0.05, 0) is 74.1 Å². The molecule has 2 aromatic rings. The van der Waals surface area contributed by atoms with Gasteiger partial charge in [-0.25, -0.2) is 8.42 Å². The van der Waals surface area contributed by atoms with Gasteiger partial charge < -0.3 is 9.80 Å². The Bertz CT molecular complexity index is 1150. The number of carbonyl (C=O) groups excluding carboxylic acids is 1. The average Bonchev–Trinajstić information content (AvgIpc) is 3.18. The zero-order valence-electron chi connectivity index (χ0n) is 18.9. The summed E-state index contributed by atoms with van der Waals surface area (Å²) in [6.45, 7) is 7.18. The molecule has 2 aliphatic heterocycles. The summed E-state index contributed by atoms with van der Waals surface area (Å²) in [6.07, 6.45) is 3.80. The monoisotopic (exact) mass is 453 g/mol. The first-order valence-corrected chi connectivity index (χ1v) is 13.1. The maximum atomic E-state index is 13.4. The average molecular weight is 454 g/mol. The summed E-state index contributed by atoms with van der Waals surface area (Å²) in [5.41, 5.74) is 5.55. The predicted octanol–water partition coefficient (Wildman–Crippen LogP) is 3.50. The highest BCUT2D eigenvalue weighted by atomic mass is 32.2. The molecule has 0 N–H and O–H groups in total. The highest BCUT2D eigenvalue weighted by molar-refractivity contribution is 7.89. The summed E-state index contributed by atoms with van der Waals surface area (Å²) in [7, 11) is -3.55. The molecule has 1 saturated heterocycles. The SMILES string of the molecule is Cc1cccc(N2CCN(S(=O)(=O)c3ccc4c(c3)CCN4C(=O)C3CCC3)CC2)c1C. The lowest BCUT2D eigenvalue weighted by Gasteiger charge is -2.36. The van der Waals surface area contributed by atoms with Crippen molar-refractivity contribution >= 4 is 27.3 Å². The van der Waals surface area contributed by atoms with Crippen LogP contribution < -0.4 is 9.80 Å². The summed E-state index contributed by atoms with van der Waals surface area (Å²) in [5, 5.41) is 0. The quantitative estimate of drug-likeness (QED) is 0.711. The van der Waals surface area contributed by atoms with E-state index in [-0.39, 0.29) is 11.8 Å². The molecule has 6 nitrogen and oxygen atoms in total.